The summed E-state index contributed by atoms with van der Waals surface area (Å²) in [5, 5.41) is 4.65. The highest BCUT2D eigenvalue weighted by atomic mass is 32.1. The topological polar surface area (TPSA) is 75.8 Å². The smallest absolute Gasteiger partial charge is 0.356 e. The van der Waals surface area contributed by atoms with Crippen molar-refractivity contribution >= 4 is 39.9 Å². The molecule has 1 saturated heterocycles. The summed E-state index contributed by atoms with van der Waals surface area (Å²) in [5.41, 5.74) is 1.67. The number of methoxy groups -OCH3 is 2. The van der Waals surface area contributed by atoms with Crippen LogP contribution in [0.2, 0.25) is 0 Å². The maximum atomic E-state index is 12.5. The van der Waals surface area contributed by atoms with Crippen molar-refractivity contribution in [3.63, 3.8) is 0 Å². The molecule has 2 heterocycles. The number of hydrogen-bond acceptors (Lipinski definition) is 5. The Balaban J connectivity index is 2.04. The van der Waals surface area contributed by atoms with Crippen LogP contribution in [0.5, 0.6) is 11.5 Å². The Morgan fingerprint density at radius 1 is 1.19 bits per heavy atom. The number of benzene rings is 1. The molecule has 0 atom stereocenters. The van der Waals surface area contributed by atoms with Crippen molar-refractivity contribution in [1.82, 2.24) is 9.88 Å². The molecule has 7 nitrogen and oxygen atoms in total. The summed E-state index contributed by atoms with van der Waals surface area (Å²) in [6.45, 7) is 3.90. The van der Waals surface area contributed by atoms with Crippen LogP contribution in [0.15, 0.2) is 12.1 Å². The van der Waals surface area contributed by atoms with Crippen molar-refractivity contribution in [1.29, 1.82) is 0 Å². The Labute approximate surface area is 164 Å². The summed E-state index contributed by atoms with van der Waals surface area (Å²) in [7, 11) is 3.15. The molecule has 8 heteroatoms. The molecule has 0 spiro atoms. The third-order valence-corrected chi connectivity index (χ3v) is 5.02. The molecule has 1 aliphatic rings. The van der Waals surface area contributed by atoms with E-state index >= 15 is 0 Å². The molecule has 1 aromatic heterocycles. The minimum absolute atomic E-state index is 0.289. The summed E-state index contributed by atoms with van der Waals surface area (Å²) in [6, 6.07) is 3.63. The number of thiocarbonyl (C=S) groups is 1. The van der Waals surface area contributed by atoms with E-state index in [0.29, 0.717) is 28.0 Å². The fraction of sp³-hybridized carbons (Fsp3) is 0.474. The molecule has 0 bridgehead atoms. The van der Waals surface area contributed by atoms with E-state index in [1.54, 1.807) is 27.2 Å². The minimum Gasteiger partial charge on any atom is -0.493 e. The van der Waals surface area contributed by atoms with E-state index in [1.807, 2.05) is 6.07 Å². The van der Waals surface area contributed by atoms with Crippen LogP contribution in [0.4, 0.5) is 5.69 Å². The number of piperidine rings is 1. The molecule has 0 radical (unpaired) electrons. The predicted octanol–water partition coefficient (Wildman–Crippen LogP) is 3.54. The summed E-state index contributed by atoms with van der Waals surface area (Å²) >= 11 is 5.60. The van der Waals surface area contributed by atoms with Crippen LogP contribution in [0.25, 0.3) is 10.9 Å². The van der Waals surface area contributed by atoms with E-state index in [2.05, 4.69) is 15.2 Å². The monoisotopic (exact) mass is 391 g/mol. The van der Waals surface area contributed by atoms with Crippen LogP contribution in [-0.4, -0.2) is 54.9 Å². The number of carbonyl (C=O) groups is 1. The first-order chi connectivity index (χ1) is 13.1. The number of anilines is 1. The van der Waals surface area contributed by atoms with E-state index in [4.69, 9.17) is 26.4 Å². The van der Waals surface area contributed by atoms with Gasteiger partial charge in [-0.05, 0) is 44.5 Å². The van der Waals surface area contributed by atoms with Crippen LogP contribution in [0, 0.1) is 0 Å². The van der Waals surface area contributed by atoms with E-state index in [1.165, 1.54) is 6.42 Å². The zero-order valence-corrected chi connectivity index (χ0v) is 16.7. The van der Waals surface area contributed by atoms with Gasteiger partial charge in [0, 0.05) is 24.5 Å². The second-order valence-electron chi connectivity index (χ2n) is 6.33. The third kappa shape index (κ3) is 3.95. The molecule has 0 amide bonds. The molecule has 1 fully saturated rings. The summed E-state index contributed by atoms with van der Waals surface area (Å²) < 4.78 is 16.0. The molecule has 1 aromatic carbocycles. The van der Waals surface area contributed by atoms with Crippen LogP contribution >= 0.6 is 12.2 Å². The van der Waals surface area contributed by atoms with Crippen molar-refractivity contribution in [2.45, 2.75) is 26.2 Å². The van der Waals surface area contributed by atoms with Crippen LogP contribution in [0.1, 0.15) is 36.7 Å². The zero-order chi connectivity index (χ0) is 19.4. The minimum atomic E-state index is -0.435. The lowest BCUT2D eigenvalue weighted by Gasteiger charge is -2.29. The first-order valence-corrected chi connectivity index (χ1v) is 9.50. The molecule has 27 heavy (non-hydrogen) atoms. The molecule has 2 aromatic rings. The van der Waals surface area contributed by atoms with Gasteiger partial charge in [0.2, 0.25) is 0 Å². The maximum Gasteiger partial charge on any atom is 0.356 e. The normalized spacial score (nSPS) is 14.1. The summed E-state index contributed by atoms with van der Waals surface area (Å²) in [4.78, 5) is 17.8. The number of carbonyl (C=O) groups excluding carboxylic acids is 1. The van der Waals surface area contributed by atoms with Gasteiger partial charge in [-0.15, -0.1) is 0 Å². The molecule has 1 aliphatic heterocycles. The SMILES string of the molecule is CCOC(=O)c1[nH]c2cc(OC)c(OC)cc2c1NC(=S)N1CCCCC1. The first kappa shape index (κ1) is 19.3. The Hall–Kier alpha value is -2.48. The lowest BCUT2D eigenvalue weighted by Crippen LogP contribution is -2.38. The van der Waals surface area contributed by atoms with Crippen LogP contribution in [-0.2, 0) is 4.74 Å². The number of nitrogens with zero attached hydrogens (tertiary/aromatic N) is 1. The van der Waals surface area contributed by atoms with E-state index in [-0.39, 0.29) is 6.61 Å². The van der Waals surface area contributed by atoms with E-state index in [9.17, 15) is 4.79 Å². The van der Waals surface area contributed by atoms with Gasteiger partial charge in [0.15, 0.2) is 16.6 Å². The number of hydrogen-bond donors (Lipinski definition) is 2. The van der Waals surface area contributed by atoms with Crippen molar-refractivity contribution in [3.05, 3.63) is 17.8 Å². The Bertz CT molecular complexity index is 843. The van der Waals surface area contributed by atoms with Crippen molar-refractivity contribution in [3.8, 4) is 11.5 Å². The van der Waals surface area contributed by atoms with Gasteiger partial charge < -0.3 is 29.4 Å². The number of aromatic amines is 1. The summed E-state index contributed by atoms with van der Waals surface area (Å²) in [5.74, 6) is 0.716. The summed E-state index contributed by atoms with van der Waals surface area (Å²) in [6.07, 6.45) is 3.45. The third-order valence-electron chi connectivity index (χ3n) is 4.66. The molecule has 3 rings (SSSR count). The number of esters is 1. The van der Waals surface area contributed by atoms with Crippen molar-refractivity contribution in [2.24, 2.45) is 0 Å². The average molecular weight is 391 g/mol. The first-order valence-electron chi connectivity index (χ1n) is 9.09. The number of ether oxygens (including phenoxy) is 3. The highest BCUT2D eigenvalue weighted by molar-refractivity contribution is 7.80. The largest absolute Gasteiger partial charge is 0.493 e. The lowest BCUT2D eigenvalue weighted by molar-refractivity contribution is 0.0522. The van der Waals surface area contributed by atoms with Gasteiger partial charge in [0.25, 0.3) is 0 Å². The Morgan fingerprint density at radius 3 is 2.48 bits per heavy atom. The number of likely N-dealkylation sites (tertiary alicyclic amines) is 1. The van der Waals surface area contributed by atoms with E-state index < -0.39 is 5.97 Å². The van der Waals surface area contributed by atoms with E-state index in [0.717, 1.165) is 36.8 Å². The Kier molecular flexibility index (Phi) is 6.05. The zero-order valence-electron chi connectivity index (χ0n) is 15.9. The van der Waals surface area contributed by atoms with Crippen LogP contribution < -0.4 is 14.8 Å². The predicted molar refractivity (Wildman–Crippen MR) is 109 cm³/mol. The molecule has 0 aliphatic carbocycles. The maximum absolute atomic E-state index is 12.5. The van der Waals surface area contributed by atoms with Crippen molar-refractivity contribution in [2.75, 3.05) is 39.2 Å². The standard InChI is InChI=1S/C19H25N3O4S/c1-4-26-18(23)17-16(21-19(27)22-8-6-5-7-9-22)12-10-14(24-2)15(25-3)11-13(12)20-17/h10-11,20H,4-9H2,1-3H3,(H,21,27). The average Bonchev–Trinajstić information content (AvgIpc) is 3.05. The molecular formula is C19H25N3O4S. The molecule has 0 saturated carbocycles. The van der Waals surface area contributed by atoms with Gasteiger partial charge in [-0.2, -0.15) is 0 Å². The number of rotatable bonds is 5. The lowest BCUT2D eigenvalue weighted by atomic mass is 10.1. The highest BCUT2D eigenvalue weighted by Crippen LogP contribution is 2.37. The molecule has 2 N–H and O–H groups in total. The quantitative estimate of drug-likeness (QED) is 0.596. The number of H-pyrrole nitrogens is 1. The number of nitrogens with one attached hydrogen (secondary N) is 2. The fourth-order valence-electron chi connectivity index (χ4n) is 3.29. The van der Waals surface area contributed by atoms with Gasteiger partial charge in [-0.25, -0.2) is 4.79 Å². The van der Waals surface area contributed by atoms with Gasteiger partial charge in [-0.3, -0.25) is 0 Å². The van der Waals surface area contributed by atoms with Gasteiger partial charge >= 0.3 is 5.97 Å². The second-order valence-corrected chi connectivity index (χ2v) is 6.71. The van der Waals surface area contributed by atoms with Crippen molar-refractivity contribution < 1.29 is 19.0 Å². The Morgan fingerprint density at radius 2 is 1.85 bits per heavy atom. The molecule has 146 valence electrons. The number of aromatic nitrogens is 1. The number of fused-ring (bicyclic) bond motifs is 1. The molecule has 0 unspecified atom stereocenters. The highest BCUT2D eigenvalue weighted by Gasteiger charge is 2.23. The fourth-order valence-corrected chi connectivity index (χ4v) is 3.57. The second kappa shape index (κ2) is 8.47. The van der Waals surface area contributed by atoms with Gasteiger partial charge in [0.1, 0.15) is 5.69 Å². The van der Waals surface area contributed by atoms with Gasteiger partial charge in [-0.1, -0.05) is 0 Å². The van der Waals surface area contributed by atoms with Crippen LogP contribution in [0.3, 0.4) is 0 Å². The molecular weight excluding hydrogens is 366 g/mol. The van der Waals surface area contributed by atoms with Gasteiger partial charge in [0.05, 0.1) is 32.0 Å².